The van der Waals surface area contributed by atoms with E-state index in [9.17, 15) is 13.9 Å². The number of nitrogens with one attached hydrogen (secondary N) is 1. The molecule has 1 saturated carbocycles. The van der Waals surface area contributed by atoms with Crippen LogP contribution in [0.1, 0.15) is 31.2 Å². The summed E-state index contributed by atoms with van der Waals surface area (Å²) in [6, 6.07) is 10.2. The summed E-state index contributed by atoms with van der Waals surface area (Å²) in [5.41, 5.74) is 1.29. The molecule has 1 aliphatic carbocycles. The molecule has 0 aromatic heterocycles. The maximum absolute atomic E-state index is 13.3. The van der Waals surface area contributed by atoms with Crippen LogP contribution >= 0.6 is 0 Å². The zero-order valence-electron chi connectivity index (χ0n) is 15.4. The Morgan fingerprint density at radius 3 is 2.62 bits per heavy atom. The molecule has 0 spiro atoms. The van der Waals surface area contributed by atoms with E-state index in [0.29, 0.717) is 26.0 Å². The van der Waals surface area contributed by atoms with Crippen LogP contribution in [0.3, 0.4) is 0 Å². The van der Waals surface area contributed by atoms with Gasteiger partial charge in [-0.25, -0.2) is 8.78 Å². The third-order valence-corrected chi connectivity index (χ3v) is 5.57. The molecule has 0 bridgehead atoms. The molecule has 3 rings (SSSR count). The lowest BCUT2D eigenvalue weighted by Crippen LogP contribution is -2.49. The van der Waals surface area contributed by atoms with Crippen molar-refractivity contribution >= 4 is 0 Å². The average Bonchev–Trinajstić information content (AvgIpc) is 2.96. The zero-order valence-corrected chi connectivity index (χ0v) is 15.4. The quantitative estimate of drug-likeness (QED) is 0.776. The molecule has 1 aromatic carbocycles. The van der Waals surface area contributed by atoms with Gasteiger partial charge in [0, 0.05) is 32.0 Å². The molecule has 1 heterocycles. The van der Waals surface area contributed by atoms with Crippen LogP contribution in [0.25, 0.3) is 0 Å². The predicted octanol–water partition coefficient (Wildman–Crippen LogP) is 2.46. The Morgan fingerprint density at radius 1 is 1.23 bits per heavy atom. The van der Waals surface area contributed by atoms with Gasteiger partial charge in [-0.2, -0.15) is 0 Å². The summed E-state index contributed by atoms with van der Waals surface area (Å²) in [4.78, 5) is 2.17. The number of likely N-dealkylation sites (N-methyl/N-ethyl adjacent to an activating group) is 1. The van der Waals surface area contributed by atoms with Gasteiger partial charge in [-0.15, -0.1) is 0 Å². The molecule has 2 N–H and O–H groups in total. The van der Waals surface area contributed by atoms with Crippen LogP contribution in [0.15, 0.2) is 30.3 Å². The summed E-state index contributed by atoms with van der Waals surface area (Å²) in [6.07, 6.45) is 0.892. The van der Waals surface area contributed by atoms with Gasteiger partial charge in [-0.3, -0.25) is 0 Å². The van der Waals surface area contributed by atoms with Crippen molar-refractivity contribution in [3.05, 3.63) is 35.9 Å². The van der Waals surface area contributed by atoms with Gasteiger partial charge in [-0.1, -0.05) is 30.3 Å². The van der Waals surface area contributed by atoms with E-state index in [4.69, 9.17) is 4.74 Å². The first-order valence-corrected chi connectivity index (χ1v) is 9.59. The van der Waals surface area contributed by atoms with Gasteiger partial charge in [-0.05, 0) is 31.9 Å². The SMILES string of the molecule is CN(CCc1ccccc1)C[C@@H]1OC[C@H](NC2CCC(F)(F)CC2)[C@H]1O. The predicted molar refractivity (Wildman–Crippen MR) is 97.5 cm³/mol. The van der Waals surface area contributed by atoms with Gasteiger partial charge in [0.15, 0.2) is 0 Å². The molecular weight excluding hydrogens is 338 g/mol. The van der Waals surface area contributed by atoms with Crippen molar-refractivity contribution in [3.8, 4) is 0 Å². The fourth-order valence-corrected chi connectivity index (χ4v) is 3.86. The molecule has 2 aliphatic rings. The van der Waals surface area contributed by atoms with Crippen LogP contribution in [-0.2, 0) is 11.2 Å². The van der Waals surface area contributed by atoms with Crippen LogP contribution in [0.2, 0.25) is 0 Å². The molecule has 2 fully saturated rings. The lowest BCUT2D eigenvalue weighted by atomic mass is 9.91. The Kier molecular flexibility index (Phi) is 6.61. The monoisotopic (exact) mass is 368 g/mol. The number of hydrogen-bond acceptors (Lipinski definition) is 4. The van der Waals surface area contributed by atoms with Crippen LogP contribution in [0.5, 0.6) is 0 Å². The second kappa shape index (κ2) is 8.74. The summed E-state index contributed by atoms with van der Waals surface area (Å²) < 4.78 is 32.3. The number of nitrogens with zero attached hydrogens (tertiary/aromatic N) is 1. The maximum Gasteiger partial charge on any atom is 0.248 e. The largest absolute Gasteiger partial charge is 0.389 e. The molecule has 146 valence electrons. The van der Waals surface area contributed by atoms with Gasteiger partial charge < -0.3 is 20.1 Å². The number of aliphatic hydroxyl groups excluding tert-OH is 1. The molecule has 1 saturated heterocycles. The highest BCUT2D eigenvalue weighted by atomic mass is 19.3. The van der Waals surface area contributed by atoms with E-state index in [0.717, 1.165) is 13.0 Å². The van der Waals surface area contributed by atoms with Crippen molar-refractivity contribution in [3.63, 3.8) is 0 Å². The van der Waals surface area contributed by atoms with Crippen molar-refractivity contribution in [2.45, 2.75) is 62.3 Å². The van der Waals surface area contributed by atoms with E-state index >= 15 is 0 Å². The lowest BCUT2D eigenvalue weighted by molar-refractivity contribution is -0.0422. The number of alkyl halides is 2. The topological polar surface area (TPSA) is 44.7 Å². The third-order valence-electron chi connectivity index (χ3n) is 5.57. The van der Waals surface area contributed by atoms with E-state index in [1.165, 1.54) is 5.56 Å². The van der Waals surface area contributed by atoms with Gasteiger partial charge in [0.1, 0.15) is 0 Å². The number of hydrogen-bond donors (Lipinski definition) is 2. The Labute approximate surface area is 154 Å². The summed E-state index contributed by atoms with van der Waals surface area (Å²) in [7, 11) is 2.03. The highest BCUT2D eigenvalue weighted by Gasteiger charge is 2.40. The molecule has 3 atom stereocenters. The Bertz CT molecular complexity index is 548. The number of ether oxygens (including phenoxy) is 1. The molecule has 6 heteroatoms. The van der Waals surface area contributed by atoms with Gasteiger partial charge in [0.05, 0.1) is 24.9 Å². The molecule has 1 aromatic rings. The number of aliphatic hydroxyl groups is 1. The molecule has 4 nitrogen and oxygen atoms in total. The molecule has 0 amide bonds. The minimum absolute atomic E-state index is 0.0486. The first-order valence-electron chi connectivity index (χ1n) is 9.59. The lowest BCUT2D eigenvalue weighted by Gasteiger charge is -2.31. The Balaban J connectivity index is 1.40. The number of benzene rings is 1. The standard InChI is InChI=1S/C20H30F2N2O2/c1-24(12-9-15-5-3-2-4-6-15)13-18-19(25)17(14-26-18)23-16-7-10-20(21,22)11-8-16/h2-6,16-19,23,25H,7-14H2,1H3/t17-,18-,19+/m0/s1. The third kappa shape index (κ3) is 5.46. The van der Waals surface area contributed by atoms with Gasteiger partial charge in [0.25, 0.3) is 0 Å². The molecule has 0 radical (unpaired) electrons. The molecule has 26 heavy (non-hydrogen) atoms. The highest BCUT2D eigenvalue weighted by molar-refractivity contribution is 5.14. The molecule has 1 aliphatic heterocycles. The molecular formula is C20H30F2N2O2. The van der Waals surface area contributed by atoms with Crippen LogP contribution in [0.4, 0.5) is 8.78 Å². The summed E-state index contributed by atoms with van der Waals surface area (Å²) in [5.74, 6) is -2.52. The van der Waals surface area contributed by atoms with Crippen molar-refractivity contribution in [1.82, 2.24) is 10.2 Å². The maximum atomic E-state index is 13.3. The van der Waals surface area contributed by atoms with Crippen molar-refractivity contribution < 1.29 is 18.6 Å². The zero-order chi connectivity index (χ0) is 18.6. The van der Waals surface area contributed by atoms with E-state index in [1.807, 2.05) is 25.2 Å². The van der Waals surface area contributed by atoms with Crippen LogP contribution < -0.4 is 5.32 Å². The Morgan fingerprint density at radius 2 is 1.92 bits per heavy atom. The van der Waals surface area contributed by atoms with Gasteiger partial charge >= 0.3 is 0 Å². The first-order chi connectivity index (χ1) is 12.4. The minimum Gasteiger partial charge on any atom is -0.389 e. The second-order valence-electron chi connectivity index (χ2n) is 7.76. The fourth-order valence-electron chi connectivity index (χ4n) is 3.86. The second-order valence-corrected chi connectivity index (χ2v) is 7.76. The Hall–Kier alpha value is -1.08. The average molecular weight is 368 g/mol. The minimum atomic E-state index is -2.52. The van der Waals surface area contributed by atoms with E-state index in [1.54, 1.807) is 0 Å². The number of rotatable bonds is 7. The fraction of sp³-hybridized carbons (Fsp3) is 0.700. The van der Waals surface area contributed by atoms with Gasteiger partial charge in [0.2, 0.25) is 5.92 Å². The van der Waals surface area contributed by atoms with E-state index in [-0.39, 0.29) is 31.0 Å². The van der Waals surface area contributed by atoms with Crippen molar-refractivity contribution in [1.29, 1.82) is 0 Å². The highest BCUT2D eigenvalue weighted by Crippen LogP contribution is 2.33. The number of halogens is 2. The van der Waals surface area contributed by atoms with Crippen molar-refractivity contribution in [2.75, 3.05) is 26.7 Å². The van der Waals surface area contributed by atoms with Crippen molar-refractivity contribution in [2.24, 2.45) is 0 Å². The molecule has 0 unspecified atom stereocenters. The summed E-state index contributed by atoms with van der Waals surface area (Å²) >= 11 is 0. The van der Waals surface area contributed by atoms with E-state index < -0.39 is 12.0 Å². The van der Waals surface area contributed by atoms with Crippen LogP contribution in [-0.4, -0.2) is 67.0 Å². The first kappa shape index (κ1) is 19.7. The summed E-state index contributed by atoms with van der Waals surface area (Å²) in [5, 5.41) is 13.9. The van der Waals surface area contributed by atoms with Crippen LogP contribution in [0, 0.1) is 0 Å². The van der Waals surface area contributed by atoms with E-state index in [2.05, 4.69) is 22.3 Å². The summed E-state index contributed by atoms with van der Waals surface area (Å²) in [6.45, 7) is 1.99. The smallest absolute Gasteiger partial charge is 0.248 e. The normalized spacial score (nSPS) is 29.3.